The van der Waals surface area contributed by atoms with Gasteiger partial charge >= 0.3 is 0 Å². The van der Waals surface area contributed by atoms with Crippen molar-refractivity contribution >= 4 is 5.91 Å². The second-order valence-corrected chi connectivity index (χ2v) is 17.5. The van der Waals surface area contributed by atoms with Crippen molar-refractivity contribution in [3.63, 3.8) is 0 Å². The summed E-state index contributed by atoms with van der Waals surface area (Å²) in [6.45, 7) is 1.45. The Morgan fingerprint density at radius 3 is 1.46 bits per heavy atom. The van der Waals surface area contributed by atoms with Crippen LogP contribution in [0.3, 0.4) is 0 Å². The van der Waals surface area contributed by atoms with Crippen LogP contribution >= 0.6 is 0 Å². The summed E-state index contributed by atoms with van der Waals surface area (Å²) in [6.07, 6.45) is 9.53. The molecule has 3 aliphatic heterocycles. The Morgan fingerprint density at radius 2 is 0.971 bits per heavy atom. The monoisotopic (exact) mass is 986 g/mol. The maximum Gasteiger partial charge on any atom is 0.220 e. The number of aliphatic hydroxyl groups excluding tert-OH is 11. The first kappa shape index (κ1) is 60.5. The van der Waals surface area contributed by atoms with Crippen LogP contribution in [0.2, 0.25) is 0 Å². The lowest BCUT2D eigenvalue weighted by Crippen LogP contribution is -2.66. The molecular weight excluding hydrogens is 903 g/mol. The third-order valence-corrected chi connectivity index (χ3v) is 12.1. The fourth-order valence-electron chi connectivity index (χ4n) is 7.92. The fourth-order valence-corrected chi connectivity index (χ4v) is 7.92. The van der Waals surface area contributed by atoms with E-state index in [0.29, 0.717) is 25.7 Å². The zero-order valence-corrected chi connectivity index (χ0v) is 40.2. The standard InChI is InChI=1S/C50H83NO18/c1-3-5-7-9-10-11-12-13-14-15-16-17-18-19-20-21-22-24-26-28-38(56)51-33(34(55)27-25-23-8-6-4-2)32-64-48-44(62)41(59)46(36(30-53)66-48)69-50-45(63)42(60)47(37(31-54)67-50)68-49-43(61)40(58)39(57)35(29-52)65-49/h5,7,10-11,13-14,16-17,19-20,22,24,33-37,39-50,52-55,57-63H,3-4,6,8-9,12,15,18,21,23,25-32H2,1-2H3,(H,51,56)/b7-5-,11-10-,14-13-,17-16-,20-19-,24-22-. The van der Waals surface area contributed by atoms with Gasteiger partial charge in [-0.1, -0.05) is 119 Å². The molecule has 3 rings (SSSR count). The summed E-state index contributed by atoms with van der Waals surface area (Å²) >= 11 is 0. The van der Waals surface area contributed by atoms with Crippen molar-refractivity contribution in [2.75, 3.05) is 26.4 Å². The number of aliphatic hydroxyl groups is 11. The highest BCUT2D eigenvalue weighted by atomic mass is 16.8. The maximum absolute atomic E-state index is 13.1. The molecule has 0 aliphatic carbocycles. The van der Waals surface area contributed by atoms with Gasteiger partial charge in [0.25, 0.3) is 0 Å². The van der Waals surface area contributed by atoms with E-state index < -0.39 is 124 Å². The Labute approximate surface area is 407 Å². The lowest BCUT2D eigenvalue weighted by molar-refractivity contribution is -0.379. The molecule has 0 bridgehead atoms. The SMILES string of the molecule is CC/C=C\C/C=C\C/C=C\C/C=C\C/C=C\C/C=C\CCC(=O)NC(COC1OC(CO)C(OC2OC(CO)C(OC3OC(CO)C(O)C(O)C3O)C(O)C2O)C(O)C1O)C(O)CCCCCCC. The minimum absolute atomic E-state index is 0.135. The molecule has 0 aromatic heterocycles. The number of hydrogen-bond donors (Lipinski definition) is 12. The van der Waals surface area contributed by atoms with E-state index in [2.05, 4.69) is 79.9 Å². The largest absolute Gasteiger partial charge is 0.394 e. The zero-order valence-electron chi connectivity index (χ0n) is 40.2. The minimum Gasteiger partial charge on any atom is -0.394 e. The molecule has 69 heavy (non-hydrogen) atoms. The average molecular weight is 986 g/mol. The number of hydrogen-bond acceptors (Lipinski definition) is 18. The van der Waals surface area contributed by atoms with Crippen LogP contribution in [0.25, 0.3) is 0 Å². The predicted octanol–water partition coefficient (Wildman–Crippen LogP) is 1.14. The summed E-state index contributed by atoms with van der Waals surface area (Å²) in [7, 11) is 0. The van der Waals surface area contributed by atoms with Gasteiger partial charge in [-0.05, 0) is 51.4 Å². The molecule has 12 N–H and O–H groups in total. The van der Waals surface area contributed by atoms with E-state index in [0.717, 1.165) is 57.8 Å². The van der Waals surface area contributed by atoms with Crippen molar-refractivity contribution in [3.05, 3.63) is 72.9 Å². The topological polar surface area (TPSA) is 307 Å². The summed E-state index contributed by atoms with van der Waals surface area (Å²) in [5.74, 6) is -0.338. The number of unbranched alkanes of at least 4 members (excludes halogenated alkanes) is 4. The Hall–Kier alpha value is -2.77. The van der Waals surface area contributed by atoms with Crippen LogP contribution < -0.4 is 5.32 Å². The van der Waals surface area contributed by atoms with Gasteiger partial charge in [0.05, 0.1) is 38.6 Å². The van der Waals surface area contributed by atoms with Gasteiger partial charge in [0, 0.05) is 6.42 Å². The molecule has 19 nitrogen and oxygen atoms in total. The summed E-state index contributed by atoms with van der Waals surface area (Å²) in [5, 5.41) is 119. The first-order valence-electron chi connectivity index (χ1n) is 24.7. The third kappa shape index (κ3) is 20.7. The number of amides is 1. The van der Waals surface area contributed by atoms with E-state index in [1.165, 1.54) is 0 Å². The highest BCUT2D eigenvalue weighted by Crippen LogP contribution is 2.33. The van der Waals surface area contributed by atoms with Gasteiger partial charge in [-0.25, -0.2) is 0 Å². The van der Waals surface area contributed by atoms with Crippen molar-refractivity contribution in [1.82, 2.24) is 5.32 Å². The Balaban J connectivity index is 1.52. The van der Waals surface area contributed by atoms with Crippen LogP contribution in [0.4, 0.5) is 0 Å². The van der Waals surface area contributed by atoms with Crippen LogP contribution in [0.1, 0.15) is 104 Å². The van der Waals surface area contributed by atoms with Crippen molar-refractivity contribution in [2.24, 2.45) is 0 Å². The van der Waals surface area contributed by atoms with Gasteiger partial charge < -0.3 is 89.9 Å². The minimum atomic E-state index is -1.98. The van der Waals surface area contributed by atoms with Gasteiger partial charge in [-0.15, -0.1) is 0 Å². The van der Waals surface area contributed by atoms with Crippen LogP contribution in [-0.4, -0.2) is 193 Å². The molecular formula is C50H83NO18. The van der Waals surface area contributed by atoms with Crippen molar-refractivity contribution in [2.45, 2.75) is 208 Å². The van der Waals surface area contributed by atoms with Gasteiger partial charge in [0.15, 0.2) is 18.9 Å². The summed E-state index contributed by atoms with van der Waals surface area (Å²) in [6, 6.07) is -0.927. The van der Waals surface area contributed by atoms with Gasteiger partial charge in [0.2, 0.25) is 5.91 Å². The molecule has 0 radical (unpaired) electrons. The highest BCUT2D eigenvalue weighted by Gasteiger charge is 2.53. The number of allylic oxidation sites excluding steroid dienone is 12. The Morgan fingerprint density at radius 1 is 0.536 bits per heavy atom. The molecule has 0 saturated carbocycles. The van der Waals surface area contributed by atoms with Crippen molar-refractivity contribution in [1.29, 1.82) is 0 Å². The van der Waals surface area contributed by atoms with E-state index in [-0.39, 0.29) is 18.9 Å². The second-order valence-electron chi connectivity index (χ2n) is 17.5. The Bertz CT molecular complexity index is 1560. The molecule has 3 aliphatic rings. The van der Waals surface area contributed by atoms with Gasteiger partial charge in [-0.2, -0.15) is 0 Å². The normalized spacial score (nSPS) is 33.5. The smallest absolute Gasteiger partial charge is 0.220 e. The highest BCUT2D eigenvalue weighted by molar-refractivity contribution is 5.76. The van der Waals surface area contributed by atoms with Crippen LogP contribution in [0.15, 0.2) is 72.9 Å². The molecule has 0 spiro atoms. The predicted molar refractivity (Wildman–Crippen MR) is 254 cm³/mol. The lowest BCUT2D eigenvalue weighted by Gasteiger charge is -2.48. The van der Waals surface area contributed by atoms with Crippen LogP contribution in [0.5, 0.6) is 0 Å². The van der Waals surface area contributed by atoms with E-state index in [1.807, 2.05) is 12.2 Å². The number of rotatable bonds is 32. The Kier molecular flexibility index (Phi) is 30.3. The lowest BCUT2D eigenvalue weighted by atomic mass is 9.96. The molecule has 17 atom stereocenters. The summed E-state index contributed by atoms with van der Waals surface area (Å²) in [4.78, 5) is 13.1. The first-order chi connectivity index (χ1) is 33.3. The number of ether oxygens (including phenoxy) is 6. The van der Waals surface area contributed by atoms with E-state index in [1.54, 1.807) is 0 Å². The fraction of sp³-hybridized carbons (Fsp3) is 0.740. The zero-order chi connectivity index (χ0) is 50.6. The van der Waals surface area contributed by atoms with Crippen molar-refractivity contribution < 1.29 is 89.4 Å². The second kappa shape index (κ2) is 34.6. The number of carbonyl (C=O) groups excluding carboxylic acids is 1. The van der Waals surface area contributed by atoms with E-state index in [4.69, 9.17) is 28.4 Å². The molecule has 1 amide bonds. The molecule has 19 heteroatoms. The maximum atomic E-state index is 13.1. The third-order valence-electron chi connectivity index (χ3n) is 12.1. The number of carbonyl (C=O) groups is 1. The van der Waals surface area contributed by atoms with E-state index >= 15 is 0 Å². The van der Waals surface area contributed by atoms with Crippen LogP contribution in [-0.2, 0) is 33.2 Å². The molecule has 17 unspecified atom stereocenters. The van der Waals surface area contributed by atoms with Crippen LogP contribution in [0, 0.1) is 0 Å². The number of nitrogens with one attached hydrogen (secondary N) is 1. The van der Waals surface area contributed by atoms with E-state index in [9.17, 15) is 61.0 Å². The molecule has 396 valence electrons. The molecule has 0 aromatic rings. The molecule has 3 saturated heterocycles. The van der Waals surface area contributed by atoms with Gasteiger partial charge in [-0.3, -0.25) is 4.79 Å². The quantitative estimate of drug-likeness (QED) is 0.0332. The first-order valence-corrected chi connectivity index (χ1v) is 24.7. The van der Waals surface area contributed by atoms with Gasteiger partial charge in [0.1, 0.15) is 73.2 Å². The average Bonchev–Trinajstić information content (AvgIpc) is 3.34. The summed E-state index contributed by atoms with van der Waals surface area (Å²) < 4.78 is 33.9. The molecule has 3 fully saturated rings. The van der Waals surface area contributed by atoms with Crippen molar-refractivity contribution in [3.8, 4) is 0 Å². The molecule has 0 aromatic carbocycles. The molecule has 3 heterocycles. The summed E-state index contributed by atoms with van der Waals surface area (Å²) in [5.41, 5.74) is 0.